The zero-order valence-electron chi connectivity index (χ0n) is 22.0. The number of hydrogen-bond donors (Lipinski definition) is 2. The standard InChI is InChI=1S/C29H32N4O7/c34-25(32-15-7-13-23(32)27(36)37)19-30(17-21-9-3-1-4-10-21)29(40)31(18-22-11-5-2-6-12-22)20-26(35)33-16-8-14-24(33)28(38)39/h1-6,9-13,24H,7-8,14-20H2,(H,36,37)(H,38,39)/t24-/m1/s1. The van der Waals surface area contributed by atoms with Gasteiger partial charge in [-0.3, -0.25) is 9.59 Å². The van der Waals surface area contributed by atoms with E-state index < -0.39 is 42.4 Å². The van der Waals surface area contributed by atoms with Crippen LogP contribution in [-0.4, -0.2) is 91.8 Å². The van der Waals surface area contributed by atoms with Crippen LogP contribution in [-0.2, 0) is 32.3 Å². The minimum absolute atomic E-state index is 0.0479. The third kappa shape index (κ3) is 6.85. The molecule has 1 saturated heterocycles. The molecule has 0 radical (unpaired) electrons. The first-order valence-corrected chi connectivity index (χ1v) is 13.1. The van der Waals surface area contributed by atoms with Gasteiger partial charge in [-0.25, -0.2) is 14.4 Å². The summed E-state index contributed by atoms with van der Waals surface area (Å²) in [5.41, 5.74) is 1.37. The molecule has 0 bridgehead atoms. The van der Waals surface area contributed by atoms with Crippen molar-refractivity contribution in [3.05, 3.63) is 83.6 Å². The van der Waals surface area contributed by atoms with Crippen molar-refractivity contribution in [2.75, 3.05) is 26.2 Å². The highest BCUT2D eigenvalue weighted by molar-refractivity contribution is 5.95. The molecule has 0 saturated carbocycles. The summed E-state index contributed by atoms with van der Waals surface area (Å²) in [4.78, 5) is 69.0. The SMILES string of the molecule is O=C(O)C1=CCCN1C(=O)CN(Cc1ccccc1)C(=O)N(CC(=O)N1CCC[C@@H]1C(=O)O)Cc1ccccc1. The molecule has 0 aromatic heterocycles. The lowest BCUT2D eigenvalue weighted by molar-refractivity contribution is -0.148. The third-order valence-corrected chi connectivity index (χ3v) is 6.99. The van der Waals surface area contributed by atoms with Crippen LogP contribution >= 0.6 is 0 Å². The summed E-state index contributed by atoms with van der Waals surface area (Å²) in [5.74, 6) is -3.35. The van der Waals surface area contributed by atoms with Crippen LogP contribution in [0.5, 0.6) is 0 Å². The van der Waals surface area contributed by atoms with Gasteiger partial charge in [0.15, 0.2) is 0 Å². The maximum Gasteiger partial charge on any atom is 0.352 e. The normalized spacial score (nSPS) is 16.4. The van der Waals surface area contributed by atoms with Crippen LogP contribution in [0.1, 0.15) is 30.4 Å². The number of benzene rings is 2. The van der Waals surface area contributed by atoms with E-state index in [-0.39, 0.29) is 38.4 Å². The Morgan fingerprint density at radius 1 is 0.775 bits per heavy atom. The molecule has 2 aliphatic heterocycles. The Kier molecular flexibility index (Phi) is 9.15. The van der Waals surface area contributed by atoms with E-state index >= 15 is 0 Å². The van der Waals surface area contributed by atoms with Gasteiger partial charge in [-0.1, -0.05) is 66.7 Å². The number of carbonyl (C=O) groups excluding carboxylic acids is 3. The first-order chi connectivity index (χ1) is 19.2. The van der Waals surface area contributed by atoms with Gasteiger partial charge in [-0.05, 0) is 30.4 Å². The van der Waals surface area contributed by atoms with E-state index in [0.717, 1.165) is 16.0 Å². The Morgan fingerprint density at radius 3 is 1.85 bits per heavy atom. The number of carboxylic acid groups (broad SMARTS) is 2. The lowest BCUT2D eigenvalue weighted by Crippen LogP contribution is -2.51. The van der Waals surface area contributed by atoms with Crippen molar-refractivity contribution in [1.29, 1.82) is 0 Å². The largest absolute Gasteiger partial charge is 0.480 e. The summed E-state index contributed by atoms with van der Waals surface area (Å²) in [5, 5.41) is 19.0. The smallest absolute Gasteiger partial charge is 0.352 e. The Hall–Kier alpha value is -4.67. The molecule has 4 rings (SSSR count). The summed E-state index contributed by atoms with van der Waals surface area (Å²) in [6.45, 7) is -0.187. The molecule has 11 heteroatoms. The summed E-state index contributed by atoms with van der Waals surface area (Å²) in [6.07, 6.45) is 2.77. The average molecular weight is 549 g/mol. The van der Waals surface area contributed by atoms with Crippen LogP contribution in [0.4, 0.5) is 4.79 Å². The summed E-state index contributed by atoms with van der Waals surface area (Å²) < 4.78 is 0. The van der Waals surface area contributed by atoms with Crippen molar-refractivity contribution in [1.82, 2.24) is 19.6 Å². The average Bonchev–Trinajstić information content (AvgIpc) is 3.64. The van der Waals surface area contributed by atoms with Crippen LogP contribution in [0.15, 0.2) is 72.4 Å². The van der Waals surface area contributed by atoms with E-state index in [1.807, 2.05) is 24.3 Å². The minimum atomic E-state index is -1.22. The fraction of sp³-hybridized carbons (Fsp3) is 0.345. The van der Waals surface area contributed by atoms with E-state index in [0.29, 0.717) is 19.3 Å². The molecule has 0 spiro atoms. The molecule has 2 N–H and O–H groups in total. The number of amides is 4. The zero-order valence-corrected chi connectivity index (χ0v) is 22.0. The number of carbonyl (C=O) groups is 5. The lowest BCUT2D eigenvalue weighted by Gasteiger charge is -2.33. The number of hydrogen-bond acceptors (Lipinski definition) is 5. The van der Waals surface area contributed by atoms with Crippen molar-refractivity contribution in [3.63, 3.8) is 0 Å². The molecular weight excluding hydrogens is 516 g/mol. The number of rotatable bonds is 10. The molecule has 11 nitrogen and oxygen atoms in total. The molecule has 0 aliphatic carbocycles. The van der Waals surface area contributed by atoms with Crippen molar-refractivity contribution < 1.29 is 34.2 Å². The molecule has 210 valence electrons. The monoisotopic (exact) mass is 548 g/mol. The second-order valence-corrected chi connectivity index (χ2v) is 9.78. The van der Waals surface area contributed by atoms with Gasteiger partial charge in [0.25, 0.3) is 0 Å². The molecule has 1 atom stereocenters. The Balaban J connectivity index is 1.61. The molecule has 0 unspecified atom stereocenters. The first kappa shape index (κ1) is 28.3. The maximum absolute atomic E-state index is 14.0. The van der Waals surface area contributed by atoms with E-state index in [2.05, 4.69) is 0 Å². The second kappa shape index (κ2) is 12.9. The molecule has 2 heterocycles. The van der Waals surface area contributed by atoms with Crippen LogP contribution in [0.25, 0.3) is 0 Å². The van der Waals surface area contributed by atoms with E-state index in [1.165, 1.54) is 20.8 Å². The maximum atomic E-state index is 14.0. The molecule has 2 aromatic carbocycles. The summed E-state index contributed by atoms with van der Waals surface area (Å²) in [7, 11) is 0. The van der Waals surface area contributed by atoms with Gasteiger partial charge in [0.2, 0.25) is 11.8 Å². The van der Waals surface area contributed by atoms with Gasteiger partial charge < -0.3 is 29.8 Å². The highest BCUT2D eigenvalue weighted by atomic mass is 16.4. The van der Waals surface area contributed by atoms with Crippen molar-refractivity contribution in [2.45, 2.75) is 38.4 Å². The second-order valence-electron chi connectivity index (χ2n) is 9.78. The van der Waals surface area contributed by atoms with E-state index in [4.69, 9.17) is 0 Å². The Bertz CT molecular complexity index is 1280. The van der Waals surface area contributed by atoms with Gasteiger partial charge in [-0.15, -0.1) is 0 Å². The van der Waals surface area contributed by atoms with Crippen LogP contribution in [0.2, 0.25) is 0 Å². The Morgan fingerprint density at radius 2 is 1.32 bits per heavy atom. The van der Waals surface area contributed by atoms with Crippen molar-refractivity contribution in [2.24, 2.45) is 0 Å². The van der Waals surface area contributed by atoms with Crippen molar-refractivity contribution >= 4 is 29.8 Å². The topological polar surface area (TPSA) is 139 Å². The number of nitrogens with zero attached hydrogens (tertiary/aromatic N) is 4. The lowest BCUT2D eigenvalue weighted by atomic mass is 10.2. The molecule has 2 aliphatic rings. The fourth-order valence-corrected chi connectivity index (χ4v) is 5.04. The number of urea groups is 1. The highest BCUT2D eigenvalue weighted by Crippen LogP contribution is 2.20. The molecule has 4 amide bonds. The van der Waals surface area contributed by atoms with Crippen LogP contribution < -0.4 is 0 Å². The van der Waals surface area contributed by atoms with E-state index in [9.17, 15) is 34.2 Å². The summed E-state index contributed by atoms with van der Waals surface area (Å²) >= 11 is 0. The molecule has 1 fully saturated rings. The first-order valence-electron chi connectivity index (χ1n) is 13.1. The zero-order chi connectivity index (χ0) is 28.6. The van der Waals surface area contributed by atoms with Gasteiger partial charge in [0, 0.05) is 26.2 Å². The van der Waals surface area contributed by atoms with Gasteiger partial charge >= 0.3 is 18.0 Å². The Labute approximate surface area is 231 Å². The predicted octanol–water partition coefficient (Wildman–Crippen LogP) is 2.39. The number of likely N-dealkylation sites (tertiary alicyclic amines) is 1. The third-order valence-electron chi connectivity index (χ3n) is 6.99. The summed E-state index contributed by atoms with van der Waals surface area (Å²) in [6, 6.07) is 16.5. The number of aliphatic carboxylic acids is 2. The molecular formula is C29H32N4O7. The van der Waals surface area contributed by atoms with Gasteiger partial charge in [-0.2, -0.15) is 0 Å². The van der Waals surface area contributed by atoms with Crippen LogP contribution in [0.3, 0.4) is 0 Å². The minimum Gasteiger partial charge on any atom is -0.480 e. The fourth-order valence-electron chi connectivity index (χ4n) is 5.04. The number of carboxylic acids is 2. The molecule has 2 aromatic rings. The highest BCUT2D eigenvalue weighted by Gasteiger charge is 2.36. The van der Waals surface area contributed by atoms with Crippen molar-refractivity contribution in [3.8, 4) is 0 Å². The van der Waals surface area contributed by atoms with E-state index in [1.54, 1.807) is 36.4 Å². The van der Waals surface area contributed by atoms with Crippen LogP contribution in [0, 0.1) is 0 Å². The predicted molar refractivity (Wildman–Crippen MR) is 144 cm³/mol. The van der Waals surface area contributed by atoms with Gasteiger partial charge in [0.1, 0.15) is 24.8 Å². The molecule has 40 heavy (non-hydrogen) atoms. The quantitative estimate of drug-likeness (QED) is 0.465. The van der Waals surface area contributed by atoms with Gasteiger partial charge in [0.05, 0.1) is 0 Å².